The van der Waals surface area contributed by atoms with E-state index in [0.717, 1.165) is 34.4 Å². The summed E-state index contributed by atoms with van der Waals surface area (Å²) in [5, 5.41) is 19.6. The zero-order valence-electron chi connectivity index (χ0n) is 24.0. The van der Waals surface area contributed by atoms with Crippen LogP contribution in [0.15, 0.2) is 77.8 Å². The summed E-state index contributed by atoms with van der Waals surface area (Å²) in [6, 6.07) is 21.9. The maximum absolute atomic E-state index is 13.4. The molecule has 13 nitrogen and oxygen atoms in total. The van der Waals surface area contributed by atoms with Crippen LogP contribution in [-0.4, -0.2) is 61.8 Å². The molecule has 0 radical (unpaired) electrons. The SMILES string of the molecule is CCc1nn(Cc2ccc(-c3ccccc3-c3nnn[nH]3)cc2)c(=NC(=O)c2ccccc2C(=O)OC(C)OC(=O)OC)s1. The average Bonchev–Trinajstić information content (AvgIpc) is 3.72. The van der Waals surface area contributed by atoms with Crippen LogP contribution in [0.25, 0.3) is 22.5 Å². The third kappa shape index (κ3) is 6.93. The van der Waals surface area contributed by atoms with E-state index in [1.807, 2.05) is 55.5 Å². The number of hydrogen-bond donors (Lipinski definition) is 1. The minimum atomic E-state index is -1.23. The van der Waals surface area contributed by atoms with Crippen LogP contribution in [0.4, 0.5) is 4.79 Å². The van der Waals surface area contributed by atoms with Crippen LogP contribution >= 0.6 is 11.3 Å². The summed E-state index contributed by atoms with van der Waals surface area (Å²) in [6.45, 7) is 3.69. The van der Waals surface area contributed by atoms with Crippen molar-refractivity contribution in [1.82, 2.24) is 30.4 Å². The van der Waals surface area contributed by atoms with Crippen LogP contribution in [-0.2, 0) is 27.2 Å². The Morgan fingerprint density at radius 2 is 1.66 bits per heavy atom. The van der Waals surface area contributed by atoms with E-state index in [1.54, 1.807) is 16.8 Å². The van der Waals surface area contributed by atoms with Gasteiger partial charge in [-0.25, -0.2) is 19.4 Å². The number of methoxy groups -OCH3 is 1. The number of amides is 1. The number of hydrogen-bond acceptors (Lipinski definition) is 11. The molecule has 44 heavy (non-hydrogen) atoms. The number of benzene rings is 3. The van der Waals surface area contributed by atoms with Gasteiger partial charge in [-0.3, -0.25) is 4.79 Å². The highest BCUT2D eigenvalue weighted by Gasteiger charge is 2.22. The van der Waals surface area contributed by atoms with Gasteiger partial charge in [-0.15, -0.1) is 5.10 Å². The zero-order chi connectivity index (χ0) is 31.1. The third-order valence-electron chi connectivity index (χ3n) is 6.37. The first kappa shape index (κ1) is 30.0. The number of rotatable bonds is 9. The first-order valence-corrected chi connectivity index (χ1v) is 14.3. The number of aromatic nitrogens is 6. The minimum Gasteiger partial charge on any atom is -0.438 e. The number of ether oxygens (including phenoxy) is 3. The Morgan fingerprint density at radius 1 is 0.955 bits per heavy atom. The van der Waals surface area contributed by atoms with E-state index < -0.39 is 24.3 Å². The molecule has 224 valence electrons. The molecular formula is C30H27N7O6S. The molecule has 1 unspecified atom stereocenters. The van der Waals surface area contributed by atoms with Crippen LogP contribution in [0.3, 0.4) is 0 Å². The molecule has 0 saturated carbocycles. The Labute approximate surface area is 255 Å². The van der Waals surface area contributed by atoms with Crippen molar-refractivity contribution < 1.29 is 28.6 Å². The van der Waals surface area contributed by atoms with Gasteiger partial charge in [-0.2, -0.15) is 10.1 Å². The maximum Gasteiger partial charge on any atom is 0.511 e. The van der Waals surface area contributed by atoms with Crippen molar-refractivity contribution in [3.8, 4) is 22.5 Å². The number of carbonyl (C=O) groups excluding carboxylic acids is 3. The fraction of sp³-hybridized carbons (Fsp3) is 0.200. The van der Waals surface area contributed by atoms with Crippen LogP contribution in [0, 0.1) is 0 Å². The number of aromatic amines is 1. The fourth-order valence-corrected chi connectivity index (χ4v) is 5.11. The molecule has 2 heterocycles. The van der Waals surface area contributed by atoms with E-state index in [9.17, 15) is 14.4 Å². The number of esters is 1. The van der Waals surface area contributed by atoms with Crippen LogP contribution in [0.1, 0.15) is 45.1 Å². The molecule has 0 aliphatic heterocycles. The highest BCUT2D eigenvalue weighted by molar-refractivity contribution is 7.08. The Bertz CT molecular complexity index is 1850. The summed E-state index contributed by atoms with van der Waals surface area (Å²) >= 11 is 1.29. The van der Waals surface area contributed by atoms with Gasteiger partial charge in [0.05, 0.1) is 24.8 Å². The molecule has 3 aromatic carbocycles. The number of nitrogens with zero attached hydrogens (tertiary/aromatic N) is 6. The third-order valence-corrected chi connectivity index (χ3v) is 7.46. The smallest absolute Gasteiger partial charge is 0.438 e. The standard InChI is InChI=1S/C30H27N7O6S/c1-4-25-34-37(17-19-13-15-20(16-14-19)21-9-5-6-10-22(21)26-32-35-36-33-26)29(44-25)31-27(38)23-11-7-8-12-24(23)28(39)42-18(2)43-30(40)41-3/h5-16,18H,4,17H2,1-3H3,(H,32,33,35,36). The Balaban J connectivity index is 1.39. The van der Waals surface area contributed by atoms with Gasteiger partial charge in [-0.1, -0.05) is 78.9 Å². The lowest BCUT2D eigenvalue weighted by molar-refractivity contribution is -0.0782. The van der Waals surface area contributed by atoms with Crippen molar-refractivity contribution in [1.29, 1.82) is 0 Å². The van der Waals surface area contributed by atoms with E-state index in [1.165, 1.54) is 30.4 Å². The van der Waals surface area contributed by atoms with Crippen molar-refractivity contribution in [3.05, 3.63) is 99.3 Å². The van der Waals surface area contributed by atoms with E-state index in [2.05, 4.69) is 35.5 Å². The van der Waals surface area contributed by atoms with Crippen molar-refractivity contribution in [3.63, 3.8) is 0 Å². The van der Waals surface area contributed by atoms with Crippen molar-refractivity contribution in [2.45, 2.75) is 33.1 Å². The average molecular weight is 614 g/mol. The summed E-state index contributed by atoms with van der Waals surface area (Å²) in [5.41, 5.74) is 3.78. The fourth-order valence-electron chi connectivity index (χ4n) is 4.28. The lowest BCUT2D eigenvalue weighted by Crippen LogP contribution is -2.23. The highest BCUT2D eigenvalue weighted by Crippen LogP contribution is 2.29. The van der Waals surface area contributed by atoms with Gasteiger partial charge >= 0.3 is 12.1 Å². The van der Waals surface area contributed by atoms with Crippen molar-refractivity contribution in [2.75, 3.05) is 7.11 Å². The van der Waals surface area contributed by atoms with E-state index >= 15 is 0 Å². The minimum absolute atomic E-state index is 0.0228. The first-order valence-electron chi connectivity index (χ1n) is 13.5. The van der Waals surface area contributed by atoms with Gasteiger partial charge in [0.2, 0.25) is 11.1 Å². The molecule has 1 amide bonds. The monoisotopic (exact) mass is 613 g/mol. The first-order chi connectivity index (χ1) is 21.4. The van der Waals surface area contributed by atoms with Crippen molar-refractivity contribution in [2.24, 2.45) is 4.99 Å². The zero-order valence-corrected chi connectivity index (χ0v) is 24.8. The molecule has 0 bridgehead atoms. The number of tetrazole rings is 1. The summed E-state index contributed by atoms with van der Waals surface area (Å²) in [4.78, 5) is 42.2. The van der Waals surface area contributed by atoms with Crippen LogP contribution in [0.2, 0.25) is 0 Å². The van der Waals surface area contributed by atoms with E-state index in [4.69, 9.17) is 9.47 Å². The normalized spacial score (nSPS) is 12.0. The van der Waals surface area contributed by atoms with Gasteiger partial charge in [0.25, 0.3) is 5.91 Å². The summed E-state index contributed by atoms with van der Waals surface area (Å²) < 4.78 is 16.0. The van der Waals surface area contributed by atoms with Crippen LogP contribution < -0.4 is 4.80 Å². The number of H-pyrrole nitrogens is 1. The number of nitrogens with one attached hydrogen (secondary N) is 1. The van der Waals surface area contributed by atoms with Gasteiger partial charge in [-0.05, 0) is 45.7 Å². The second kappa shape index (κ2) is 13.6. The van der Waals surface area contributed by atoms with Gasteiger partial charge < -0.3 is 14.2 Å². The van der Waals surface area contributed by atoms with Gasteiger partial charge in [0.15, 0.2) is 5.82 Å². The number of aryl methyl sites for hydroxylation is 1. The molecule has 0 aliphatic rings. The van der Waals surface area contributed by atoms with Crippen molar-refractivity contribution >= 4 is 29.4 Å². The van der Waals surface area contributed by atoms with Crippen LogP contribution in [0.5, 0.6) is 0 Å². The van der Waals surface area contributed by atoms with E-state index in [-0.39, 0.29) is 11.1 Å². The lowest BCUT2D eigenvalue weighted by atomic mass is 9.98. The quantitative estimate of drug-likeness (QED) is 0.186. The van der Waals surface area contributed by atoms with E-state index in [0.29, 0.717) is 23.6 Å². The lowest BCUT2D eigenvalue weighted by Gasteiger charge is -2.13. The Kier molecular flexibility index (Phi) is 9.30. The topological polar surface area (TPSA) is 164 Å². The molecule has 1 N–H and O–H groups in total. The summed E-state index contributed by atoms with van der Waals surface area (Å²) in [6.07, 6.45) is -1.58. The molecule has 2 aromatic heterocycles. The molecule has 0 aliphatic carbocycles. The molecule has 0 saturated heterocycles. The predicted octanol–water partition coefficient (Wildman–Crippen LogP) is 4.43. The molecule has 0 spiro atoms. The maximum atomic E-state index is 13.4. The molecule has 5 rings (SSSR count). The second-order valence-electron chi connectivity index (χ2n) is 9.29. The highest BCUT2D eigenvalue weighted by atomic mass is 32.1. The second-order valence-corrected chi connectivity index (χ2v) is 10.3. The summed E-state index contributed by atoms with van der Waals surface area (Å²) in [5.74, 6) is -0.925. The summed E-state index contributed by atoms with van der Waals surface area (Å²) in [7, 11) is 1.14. The predicted molar refractivity (Wildman–Crippen MR) is 158 cm³/mol. The molecule has 5 aromatic rings. The molecule has 14 heteroatoms. The van der Waals surface area contributed by atoms with Gasteiger partial charge in [0.1, 0.15) is 5.01 Å². The molecule has 0 fully saturated rings. The largest absolute Gasteiger partial charge is 0.511 e. The molecular weight excluding hydrogens is 586 g/mol. The Hall–Kier alpha value is -5.50. The molecule has 1 atom stereocenters. The van der Waals surface area contributed by atoms with Gasteiger partial charge in [0, 0.05) is 12.5 Å². The Morgan fingerprint density at radius 3 is 2.34 bits per heavy atom. The number of carbonyl (C=O) groups is 3.